The monoisotopic (exact) mass is 475 g/mol. The zero-order valence-electron chi connectivity index (χ0n) is 18.6. The van der Waals surface area contributed by atoms with Crippen LogP contribution in [0.15, 0.2) is 48.5 Å². The average Bonchev–Trinajstić information content (AvgIpc) is 2.76. The highest BCUT2D eigenvalue weighted by molar-refractivity contribution is 6.13. The molecule has 0 fully saturated rings. The summed E-state index contributed by atoms with van der Waals surface area (Å²) in [4.78, 5) is 35.8. The van der Waals surface area contributed by atoms with E-state index in [-0.39, 0.29) is 12.2 Å². The molecule has 0 saturated heterocycles. The van der Waals surface area contributed by atoms with Crippen LogP contribution in [0.2, 0.25) is 0 Å². The molecule has 9 nitrogen and oxygen atoms in total. The zero-order valence-corrected chi connectivity index (χ0v) is 19.3. The van der Waals surface area contributed by atoms with Crippen LogP contribution in [0.1, 0.15) is 52.6 Å². The van der Waals surface area contributed by atoms with Crippen LogP contribution < -0.4 is 10.2 Å². The number of alkyl carbamates (subject to hydrolysis) is 1. The summed E-state index contributed by atoms with van der Waals surface area (Å²) < 4.78 is 9.71. The first-order chi connectivity index (χ1) is 15.6. The van der Waals surface area contributed by atoms with Gasteiger partial charge in [-0.2, -0.15) is 5.26 Å². The first-order valence-electron chi connectivity index (χ1n) is 9.81. The van der Waals surface area contributed by atoms with Gasteiger partial charge in [0.15, 0.2) is 6.61 Å². The molecule has 0 bridgehead atoms. The van der Waals surface area contributed by atoms with Crippen molar-refractivity contribution in [1.82, 2.24) is 10.2 Å². The van der Waals surface area contributed by atoms with Gasteiger partial charge in [0, 0.05) is 13.1 Å². The summed E-state index contributed by atoms with van der Waals surface area (Å²) in [6, 6.07) is 14.8. The van der Waals surface area contributed by atoms with Gasteiger partial charge in [-0.15, -0.1) is 0 Å². The fourth-order valence-corrected chi connectivity index (χ4v) is 2.42. The highest BCUT2D eigenvalue weighted by Gasteiger charge is 2.15. The second-order valence-corrected chi connectivity index (χ2v) is 7.87. The van der Waals surface area contributed by atoms with E-state index in [4.69, 9.17) is 26.9 Å². The van der Waals surface area contributed by atoms with E-state index in [1.165, 1.54) is 12.1 Å². The van der Waals surface area contributed by atoms with Gasteiger partial charge in [0.1, 0.15) is 11.7 Å². The molecule has 0 spiro atoms. The Hall–Kier alpha value is -3.61. The number of ether oxygens (including phenoxy) is 2. The summed E-state index contributed by atoms with van der Waals surface area (Å²) in [6.07, 6.45) is -0.496. The van der Waals surface area contributed by atoms with Gasteiger partial charge in [-0.25, -0.2) is 19.2 Å². The number of carbonyl (C=O) groups excluding carboxylic acids is 2. The lowest BCUT2D eigenvalue weighted by Crippen LogP contribution is -2.32. The van der Waals surface area contributed by atoms with Gasteiger partial charge in [0.05, 0.1) is 11.1 Å². The van der Waals surface area contributed by atoms with Crippen molar-refractivity contribution in [1.29, 1.82) is 5.26 Å². The maximum atomic E-state index is 11.4. The van der Waals surface area contributed by atoms with Gasteiger partial charge >= 0.3 is 18.0 Å². The molecule has 0 radical (unpaired) electrons. The number of hydrogen-bond donors (Lipinski definition) is 3. The number of carbonyl (C=O) groups is 3. The Balaban J connectivity index is 0.000000335. The topological polar surface area (TPSA) is 138 Å². The minimum absolute atomic E-state index is 0.219. The van der Waals surface area contributed by atoms with E-state index in [0.717, 1.165) is 11.1 Å². The largest absolute Gasteiger partial charge is 0.478 e. The van der Waals surface area contributed by atoms with Crippen LogP contribution in [0.25, 0.3) is 0 Å². The van der Waals surface area contributed by atoms with E-state index in [9.17, 15) is 14.4 Å². The van der Waals surface area contributed by atoms with Gasteiger partial charge in [0.25, 0.3) is 0 Å². The Labute approximate surface area is 197 Å². The summed E-state index contributed by atoms with van der Waals surface area (Å²) in [5.74, 6) is -1.47. The van der Waals surface area contributed by atoms with Crippen LogP contribution in [0.3, 0.4) is 0 Å². The summed E-state index contributed by atoms with van der Waals surface area (Å²) >= 11 is 5.33. The number of rotatable bonds is 7. The number of halogens is 1. The van der Waals surface area contributed by atoms with Crippen molar-refractivity contribution < 1.29 is 29.0 Å². The second-order valence-electron chi connectivity index (χ2n) is 7.60. The van der Waals surface area contributed by atoms with Gasteiger partial charge in [0.2, 0.25) is 0 Å². The van der Waals surface area contributed by atoms with E-state index in [0.29, 0.717) is 18.7 Å². The van der Waals surface area contributed by atoms with Crippen molar-refractivity contribution in [2.24, 2.45) is 0 Å². The molecule has 0 aliphatic carbocycles. The van der Waals surface area contributed by atoms with Crippen LogP contribution in [0, 0.1) is 11.3 Å². The maximum absolute atomic E-state index is 11.4. The molecule has 0 aliphatic rings. The number of carboxylic acids is 1. The summed E-state index contributed by atoms with van der Waals surface area (Å²) in [5, 5.41) is 19.6. The highest BCUT2D eigenvalue weighted by Crippen LogP contribution is 2.08. The van der Waals surface area contributed by atoms with E-state index < -0.39 is 23.6 Å². The van der Waals surface area contributed by atoms with E-state index in [2.05, 4.69) is 14.9 Å². The fourth-order valence-electron chi connectivity index (χ4n) is 2.27. The molecule has 2 aromatic carbocycles. The third-order valence-electron chi connectivity index (χ3n) is 3.77. The predicted molar refractivity (Wildman–Crippen MR) is 122 cm³/mol. The minimum atomic E-state index is -0.971. The first kappa shape index (κ1) is 27.4. The Morgan fingerprint density at radius 2 is 1.48 bits per heavy atom. The quantitative estimate of drug-likeness (QED) is 0.403. The summed E-state index contributed by atoms with van der Waals surface area (Å²) in [7, 11) is 0. The number of nitrogens with one attached hydrogen (secondary N) is 2. The van der Waals surface area contributed by atoms with E-state index in [1.807, 2.05) is 0 Å². The molecule has 2 rings (SSSR count). The molecule has 176 valence electrons. The van der Waals surface area contributed by atoms with Crippen molar-refractivity contribution in [2.75, 3.05) is 6.61 Å². The number of nitriles is 1. The van der Waals surface area contributed by atoms with E-state index >= 15 is 0 Å². The van der Waals surface area contributed by atoms with Gasteiger partial charge in [-0.1, -0.05) is 24.3 Å². The molecule has 0 heterocycles. The van der Waals surface area contributed by atoms with Crippen LogP contribution in [-0.4, -0.2) is 35.3 Å². The molecule has 1 amide bonds. The number of nitrogens with zero attached hydrogens (tertiary/aromatic N) is 1. The van der Waals surface area contributed by atoms with Crippen LogP contribution in [-0.2, 0) is 22.6 Å². The molecule has 0 aromatic heterocycles. The molecule has 0 saturated carbocycles. The Morgan fingerprint density at radius 1 is 0.970 bits per heavy atom. The van der Waals surface area contributed by atoms with Crippen LogP contribution >= 0.6 is 11.8 Å². The molecule has 0 atom stereocenters. The number of aromatic carboxylic acids is 1. The van der Waals surface area contributed by atoms with Crippen LogP contribution in [0.5, 0.6) is 0 Å². The predicted octanol–water partition coefficient (Wildman–Crippen LogP) is 4.02. The van der Waals surface area contributed by atoms with Crippen molar-refractivity contribution in [3.63, 3.8) is 0 Å². The Bertz CT molecular complexity index is 964. The number of esters is 1. The van der Waals surface area contributed by atoms with Gasteiger partial charge in [-0.05, 0) is 67.9 Å². The minimum Gasteiger partial charge on any atom is -0.478 e. The zero-order chi connectivity index (χ0) is 24.9. The molecule has 10 heteroatoms. The van der Waals surface area contributed by atoms with Crippen molar-refractivity contribution in [2.45, 2.75) is 39.5 Å². The Morgan fingerprint density at radius 3 is 1.94 bits per heavy atom. The first-order valence-corrected chi connectivity index (χ1v) is 10.2. The normalized spacial score (nSPS) is 10.2. The molecule has 33 heavy (non-hydrogen) atoms. The van der Waals surface area contributed by atoms with E-state index in [1.54, 1.807) is 63.2 Å². The smallest absolute Gasteiger partial charge is 0.407 e. The SMILES string of the molecule is CC(C)(C)OC(=O)NCc1ccc(C(=O)O)cc1.N#CCOC(=O)c1ccc(CNCl)cc1. The molecule has 0 unspecified atom stereocenters. The number of hydrogen-bond acceptors (Lipinski definition) is 7. The van der Waals surface area contributed by atoms with Gasteiger partial charge < -0.3 is 19.9 Å². The number of amides is 1. The molecule has 0 aliphatic heterocycles. The fraction of sp³-hybridized carbons (Fsp3) is 0.304. The van der Waals surface area contributed by atoms with Gasteiger partial charge in [-0.3, -0.25) is 0 Å². The summed E-state index contributed by atoms with van der Waals surface area (Å²) in [6.45, 7) is 5.95. The molecular weight excluding hydrogens is 450 g/mol. The second kappa shape index (κ2) is 13.7. The average molecular weight is 476 g/mol. The third-order valence-corrected chi connectivity index (χ3v) is 3.90. The number of carboxylic acid groups (broad SMARTS) is 1. The standard InChI is InChI=1S/C13H17NO4.C10H9ClN2O2/c1-13(2,3)18-12(17)14-8-9-4-6-10(7-5-9)11(15)16;11-13-7-8-1-3-9(4-2-8)10(14)15-6-5-12/h4-7H,8H2,1-3H3,(H,14,17)(H,15,16);1-4,13H,6-7H2. The lowest BCUT2D eigenvalue weighted by Gasteiger charge is -2.19. The van der Waals surface area contributed by atoms with Crippen molar-refractivity contribution in [3.8, 4) is 6.07 Å². The Kier molecular flexibility index (Phi) is 11.4. The van der Waals surface area contributed by atoms with Crippen LogP contribution in [0.4, 0.5) is 4.79 Å². The lowest BCUT2D eigenvalue weighted by atomic mass is 10.1. The van der Waals surface area contributed by atoms with Crippen molar-refractivity contribution >= 4 is 29.8 Å². The third kappa shape index (κ3) is 11.5. The molecule has 2 aromatic rings. The molecular formula is C23H26ClN3O6. The molecule has 3 N–H and O–H groups in total. The number of benzene rings is 2. The highest BCUT2D eigenvalue weighted by atomic mass is 35.5. The maximum Gasteiger partial charge on any atom is 0.407 e. The lowest BCUT2D eigenvalue weighted by molar-refractivity contribution is 0.0520. The van der Waals surface area contributed by atoms with Crippen molar-refractivity contribution in [3.05, 3.63) is 70.8 Å². The summed E-state index contributed by atoms with van der Waals surface area (Å²) in [5.41, 5.74) is 1.88.